The first-order chi connectivity index (χ1) is 8.80. The molecule has 0 aromatic rings. The quantitative estimate of drug-likeness (QED) is 0.768. The summed E-state index contributed by atoms with van der Waals surface area (Å²) >= 11 is 0. The zero-order valence-corrected chi connectivity index (χ0v) is 12.0. The van der Waals surface area contributed by atoms with Crippen molar-refractivity contribution in [3.05, 3.63) is 0 Å². The Morgan fingerprint density at radius 1 is 1.32 bits per heavy atom. The van der Waals surface area contributed by atoms with E-state index in [2.05, 4.69) is 0 Å². The van der Waals surface area contributed by atoms with Gasteiger partial charge in [-0.1, -0.05) is 0 Å². The van der Waals surface area contributed by atoms with Gasteiger partial charge in [0, 0.05) is 0 Å². The average molecular weight is 273 g/mol. The van der Waals surface area contributed by atoms with Crippen LogP contribution in [0.4, 0.5) is 4.79 Å². The normalized spacial score (nSPS) is 23.9. The van der Waals surface area contributed by atoms with Gasteiger partial charge in [-0.25, -0.2) is 9.59 Å². The van der Waals surface area contributed by atoms with Gasteiger partial charge >= 0.3 is 12.1 Å². The highest BCUT2D eigenvalue weighted by atomic mass is 16.6. The molecule has 2 unspecified atom stereocenters. The number of hydrogen-bond acceptors (Lipinski definition) is 5. The number of esters is 1. The SMILES string of the molecule is COC(=O)C1CCCC(CO)N1C(=O)OC(C)(C)C. The molecule has 1 N–H and O–H groups in total. The summed E-state index contributed by atoms with van der Waals surface area (Å²) in [5.74, 6) is -0.469. The second-order valence-electron chi connectivity index (χ2n) is 5.69. The maximum absolute atomic E-state index is 12.2. The van der Waals surface area contributed by atoms with Crippen molar-refractivity contribution in [2.75, 3.05) is 13.7 Å². The average Bonchev–Trinajstić information content (AvgIpc) is 2.34. The molecule has 1 aliphatic rings. The van der Waals surface area contributed by atoms with Crippen LogP contribution in [0.1, 0.15) is 40.0 Å². The van der Waals surface area contributed by atoms with Crippen molar-refractivity contribution in [2.24, 2.45) is 0 Å². The molecular weight excluding hydrogens is 250 g/mol. The monoisotopic (exact) mass is 273 g/mol. The van der Waals surface area contributed by atoms with Gasteiger partial charge in [0.1, 0.15) is 11.6 Å². The molecule has 0 bridgehead atoms. The van der Waals surface area contributed by atoms with Crippen molar-refractivity contribution in [2.45, 2.75) is 57.7 Å². The summed E-state index contributed by atoms with van der Waals surface area (Å²) in [7, 11) is 1.29. The molecule has 1 heterocycles. The Morgan fingerprint density at radius 3 is 2.42 bits per heavy atom. The Labute approximate surface area is 113 Å². The number of ether oxygens (including phenoxy) is 2. The fraction of sp³-hybridized carbons (Fsp3) is 0.846. The second-order valence-corrected chi connectivity index (χ2v) is 5.69. The van der Waals surface area contributed by atoms with Crippen LogP contribution in [-0.4, -0.2) is 53.5 Å². The number of nitrogens with zero attached hydrogens (tertiary/aromatic N) is 1. The molecule has 1 fully saturated rings. The van der Waals surface area contributed by atoms with E-state index < -0.39 is 29.7 Å². The zero-order valence-electron chi connectivity index (χ0n) is 12.0. The number of aliphatic hydroxyl groups is 1. The van der Waals surface area contributed by atoms with Crippen LogP contribution >= 0.6 is 0 Å². The van der Waals surface area contributed by atoms with Gasteiger partial charge in [-0.15, -0.1) is 0 Å². The van der Waals surface area contributed by atoms with Crippen molar-refractivity contribution in [3.8, 4) is 0 Å². The molecule has 1 rings (SSSR count). The first-order valence-electron chi connectivity index (χ1n) is 6.50. The molecule has 1 saturated heterocycles. The zero-order chi connectivity index (χ0) is 14.6. The molecule has 0 aromatic heterocycles. The summed E-state index contributed by atoms with van der Waals surface area (Å²) in [4.78, 5) is 25.3. The van der Waals surface area contributed by atoms with E-state index >= 15 is 0 Å². The van der Waals surface area contributed by atoms with E-state index in [1.165, 1.54) is 12.0 Å². The highest BCUT2D eigenvalue weighted by Crippen LogP contribution is 2.26. The molecule has 2 atom stereocenters. The minimum absolute atomic E-state index is 0.188. The van der Waals surface area contributed by atoms with Crippen LogP contribution < -0.4 is 0 Å². The van der Waals surface area contributed by atoms with E-state index in [9.17, 15) is 14.7 Å². The van der Waals surface area contributed by atoms with E-state index in [-0.39, 0.29) is 6.61 Å². The minimum Gasteiger partial charge on any atom is -0.467 e. The van der Waals surface area contributed by atoms with Gasteiger partial charge in [-0.2, -0.15) is 0 Å². The molecule has 0 spiro atoms. The van der Waals surface area contributed by atoms with Crippen molar-refractivity contribution in [3.63, 3.8) is 0 Å². The molecule has 19 heavy (non-hydrogen) atoms. The number of likely N-dealkylation sites (tertiary alicyclic amines) is 1. The number of carbonyl (C=O) groups is 2. The van der Waals surface area contributed by atoms with Gasteiger partial charge in [-0.05, 0) is 40.0 Å². The molecule has 6 nitrogen and oxygen atoms in total. The van der Waals surface area contributed by atoms with Gasteiger partial charge in [0.2, 0.25) is 0 Å². The number of methoxy groups -OCH3 is 1. The van der Waals surface area contributed by atoms with E-state index in [0.29, 0.717) is 12.8 Å². The van der Waals surface area contributed by atoms with Gasteiger partial charge < -0.3 is 14.6 Å². The summed E-state index contributed by atoms with van der Waals surface area (Å²) < 4.78 is 10.0. The van der Waals surface area contributed by atoms with Crippen LogP contribution in [0.5, 0.6) is 0 Å². The number of aliphatic hydroxyl groups excluding tert-OH is 1. The molecule has 1 amide bonds. The van der Waals surface area contributed by atoms with Crippen molar-refractivity contribution in [1.29, 1.82) is 0 Å². The predicted molar refractivity (Wildman–Crippen MR) is 68.6 cm³/mol. The summed E-state index contributed by atoms with van der Waals surface area (Å²) in [6, 6.07) is -1.07. The Kier molecular flexibility index (Phi) is 5.17. The molecule has 110 valence electrons. The molecule has 0 aliphatic carbocycles. The molecular formula is C13H23NO5. The number of rotatable bonds is 2. The van der Waals surface area contributed by atoms with Crippen molar-refractivity contribution in [1.82, 2.24) is 4.90 Å². The van der Waals surface area contributed by atoms with Crippen LogP contribution in [0.25, 0.3) is 0 Å². The Balaban J connectivity index is 2.91. The second kappa shape index (κ2) is 6.23. The Bertz CT molecular complexity index is 336. The van der Waals surface area contributed by atoms with Gasteiger partial charge in [-0.3, -0.25) is 4.90 Å². The lowest BCUT2D eigenvalue weighted by molar-refractivity contribution is -0.150. The molecule has 0 aromatic carbocycles. The third-order valence-electron chi connectivity index (χ3n) is 3.03. The van der Waals surface area contributed by atoms with Gasteiger partial charge in [0.05, 0.1) is 19.8 Å². The van der Waals surface area contributed by atoms with E-state index in [4.69, 9.17) is 9.47 Å². The molecule has 6 heteroatoms. The van der Waals surface area contributed by atoms with Gasteiger partial charge in [0.25, 0.3) is 0 Å². The fourth-order valence-electron chi connectivity index (χ4n) is 2.22. The lowest BCUT2D eigenvalue weighted by Crippen LogP contribution is -2.56. The fourth-order valence-corrected chi connectivity index (χ4v) is 2.22. The standard InChI is InChI=1S/C13H23NO5/c1-13(2,3)19-12(17)14-9(8-15)6-5-7-10(14)11(16)18-4/h9-10,15H,5-8H2,1-4H3. The molecule has 0 radical (unpaired) electrons. The largest absolute Gasteiger partial charge is 0.467 e. The van der Waals surface area contributed by atoms with Crippen molar-refractivity contribution >= 4 is 12.1 Å². The number of carbonyl (C=O) groups excluding carboxylic acids is 2. The number of amides is 1. The Morgan fingerprint density at radius 2 is 1.95 bits per heavy atom. The van der Waals surface area contributed by atoms with Gasteiger partial charge in [0.15, 0.2) is 0 Å². The lowest BCUT2D eigenvalue weighted by Gasteiger charge is -2.40. The number of hydrogen-bond donors (Lipinski definition) is 1. The highest BCUT2D eigenvalue weighted by Gasteiger charge is 2.40. The third-order valence-corrected chi connectivity index (χ3v) is 3.03. The van der Waals surface area contributed by atoms with E-state index in [0.717, 1.165) is 6.42 Å². The maximum atomic E-state index is 12.2. The number of piperidine rings is 1. The topological polar surface area (TPSA) is 76.1 Å². The van der Waals surface area contributed by atoms with Crippen LogP contribution in [0.3, 0.4) is 0 Å². The summed E-state index contributed by atoms with van der Waals surface area (Å²) in [6.45, 7) is 5.09. The lowest BCUT2D eigenvalue weighted by atomic mass is 9.96. The first-order valence-corrected chi connectivity index (χ1v) is 6.50. The highest BCUT2D eigenvalue weighted by molar-refractivity contribution is 5.82. The Hall–Kier alpha value is -1.30. The summed E-state index contributed by atoms with van der Waals surface area (Å²) in [5, 5.41) is 9.38. The third kappa shape index (κ3) is 4.09. The summed E-state index contributed by atoms with van der Waals surface area (Å²) in [6.07, 6.45) is 1.37. The van der Waals surface area contributed by atoms with Crippen molar-refractivity contribution < 1.29 is 24.2 Å². The van der Waals surface area contributed by atoms with E-state index in [1.54, 1.807) is 20.8 Å². The van der Waals surface area contributed by atoms with Crippen LogP contribution in [0.2, 0.25) is 0 Å². The van der Waals surface area contributed by atoms with Crippen LogP contribution in [0.15, 0.2) is 0 Å². The minimum atomic E-state index is -0.675. The molecule has 0 saturated carbocycles. The van der Waals surface area contributed by atoms with Crippen LogP contribution in [-0.2, 0) is 14.3 Å². The first kappa shape index (κ1) is 15.8. The predicted octanol–water partition coefficient (Wildman–Crippen LogP) is 1.31. The smallest absolute Gasteiger partial charge is 0.411 e. The van der Waals surface area contributed by atoms with E-state index in [1.807, 2.05) is 0 Å². The summed E-state index contributed by atoms with van der Waals surface area (Å²) in [5.41, 5.74) is -0.644. The molecule has 1 aliphatic heterocycles. The maximum Gasteiger partial charge on any atom is 0.411 e. The van der Waals surface area contributed by atoms with Crippen LogP contribution in [0, 0.1) is 0 Å².